The summed E-state index contributed by atoms with van der Waals surface area (Å²) in [5.74, 6) is -4.09. The van der Waals surface area contributed by atoms with Crippen LogP contribution in [0.4, 0.5) is 13.2 Å². The molecule has 0 aliphatic heterocycles. The maximum Gasteiger partial charge on any atom is 0.418 e. The molecule has 1 aliphatic carbocycles. The highest BCUT2D eigenvalue weighted by molar-refractivity contribution is 5.88. The van der Waals surface area contributed by atoms with Crippen LogP contribution in [0.25, 0.3) is 0 Å². The fourth-order valence-corrected chi connectivity index (χ4v) is 3.09. The summed E-state index contributed by atoms with van der Waals surface area (Å²) in [6.07, 6.45) is -6.27. The lowest BCUT2D eigenvalue weighted by molar-refractivity contribution is -0.282. The summed E-state index contributed by atoms with van der Waals surface area (Å²) in [6.45, 7) is 1.02. The van der Waals surface area contributed by atoms with E-state index in [4.69, 9.17) is 0 Å². The Kier molecular flexibility index (Phi) is 3.93. The summed E-state index contributed by atoms with van der Waals surface area (Å²) in [7, 11) is 0. The molecule has 0 radical (unpaired) electrons. The number of halogens is 3. The van der Waals surface area contributed by atoms with Gasteiger partial charge in [0.25, 0.3) is 0 Å². The summed E-state index contributed by atoms with van der Waals surface area (Å²) in [5.41, 5.74) is -2.84. The van der Waals surface area contributed by atoms with E-state index < -0.39 is 41.6 Å². The van der Waals surface area contributed by atoms with Crippen molar-refractivity contribution in [2.45, 2.75) is 37.5 Å². The minimum Gasteiger partial charge on any atom is -0.379 e. The molecule has 3 atom stereocenters. The lowest BCUT2D eigenvalue weighted by Crippen LogP contribution is -2.59. The number of alkyl halides is 3. The maximum atomic E-state index is 13.2. The molecule has 1 saturated carbocycles. The molecule has 0 spiro atoms. The fraction of sp³-hybridized carbons (Fsp3) is 0.467. The smallest absolute Gasteiger partial charge is 0.379 e. The Hall–Kier alpha value is -1.69. The normalized spacial score (nSPS) is 30.2. The first-order valence-electron chi connectivity index (χ1n) is 6.53. The summed E-state index contributed by atoms with van der Waals surface area (Å²) in [4.78, 5) is 23.5. The molecule has 0 aromatic heterocycles. The minimum absolute atomic E-state index is 0.174. The van der Waals surface area contributed by atoms with Crippen LogP contribution in [0.5, 0.6) is 0 Å². The van der Waals surface area contributed by atoms with E-state index in [9.17, 15) is 27.9 Å². The second-order valence-corrected chi connectivity index (χ2v) is 5.45. The number of benzene rings is 1. The zero-order valence-corrected chi connectivity index (χ0v) is 11.4. The van der Waals surface area contributed by atoms with Gasteiger partial charge in [0.15, 0.2) is 5.60 Å². The molecule has 1 aromatic rings. The summed E-state index contributed by atoms with van der Waals surface area (Å²) in [6, 6.07) is 8.06. The average Bonchev–Trinajstić information content (AvgIpc) is 2.37. The number of ketones is 2. The molecule has 1 aliphatic rings. The van der Waals surface area contributed by atoms with E-state index in [0.717, 1.165) is 6.92 Å². The summed E-state index contributed by atoms with van der Waals surface area (Å²) < 4.78 is 39.7. The van der Waals surface area contributed by atoms with Crippen LogP contribution in [0.15, 0.2) is 30.3 Å². The summed E-state index contributed by atoms with van der Waals surface area (Å²) >= 11 is 0. The highest BCUT2D eigenvalue weighted by Crippen LogP contribution is 2.50. The van der Waals surface area contributed by atoms with Crippen molar-refractivity contribution in [1.29, 1.82) is 0 Å². The minimum atomic E-state index is -5.04. The van der Waals surface area contributed by atoms with E-state index in [1.165, 1.54) is 0 Å². The number of hydrogen-bond acceptors (Lipinski definition) is 3. The molecule has 114 valence electrons. The SMILES string of the molecule is CC(=O)C1C(c2ccccc2)CC(=O)CC1(O)C(F)(F)F. The van der Waals surface area contributed by atoms with Crippen molar-refractivity contribution in [2.24, 2.45) is 5.92 Å². The van der Waals surface area contributed by atoms with Gasteiger partial charge in [-0.25, -0.2) is 0 Å². The zero-order valence-electron chi connectivity index (χ0n) is 11.4. The van der Waals surface area contributed by atoms with Crippen molar-refractivity contribution in [3.63, 3.8) is 0 Å². The van der Waals surface area contributed by atoms with Crippen LogP contribution >= 0.6 is 0 Å². The quantitative estimate of drug-likeness (QED) is 0.913. The van der Waals surface area contributed by atoms with Crippen molar-refractivity contribution in [1.82, 2.24) is 0 Å². The Balaban J connectivity index is 2.54. The first-order chi connectivity index (χ1) is 9.67. The number of carbonyl (C=O) groups is 2. The molecular weight excluding hydrogens is 285 g/mol. The van der Waals surface area contributed by atoms with Gasteiger partial charge in [-0.2, -0.15) is 13.2 Å². The highest BCUT2D eigenvalue weighted by atomic mass is 19.4. The van der Waals surface area contributed by atoms with Crippen molar-refractivity contribution >= 4 is 11.6 Å². The molecule has 3 nitrogen and oxygen atoms in total. The van der Waals surface area contributed by atoms with Crippen LogP contribution < -0.4 is 0 Å². The van der Waals surface area contributed by atoms with Crippen molar-refractivity contribution in [2.75, 3.05) is 0 Å². The third kappa shape index (κ3) is 2.72. The number of aliphatic hydroxyl groups is 1. The standard InChI is InChI=1S/C15H15F3O3/c1-9(19)13-12(10-5-3-2-4-6-10)7-11(20)8-14(13,21)15(16,17)18/h2-6,12-13,21H,7-8H2,1H3. The van der Waals surface area contributed by atoms with Crippen LogP contribution in [-0.4, -0.2) is 28.5 Å². The van der Waals surface area contributed by atoms with Gasteiger partial charge < -0.3 is 5.11 Å². The van der Waals surface area contributed by atoms with Gasteiger partial charge in [-0.3, -0.25) is 9.59 Å². The Morgan fingerprint density at radius 1 is 1.29 bits per heavy atom. The monoisotopic (exact) mass is 300 g/mol. The van der Waals surface area contributed by atoms with Crippen LogP contribution in [0.2, 0.25) is 0 Å². The van der Waals surface area contributed by atoms with Gasteiger partial charge in [-0.1, -0.05) is 30.3 Å². The van der Waals surface area contributed by atoms with Crippen molar-refractivity contribution in [3.8, 4) is 0 Å². The molecule has 1 N–H and O–H groups in total. The molecule has 0 heterocycles. The summed E-state index contributed by atoms with van der Waals surface area (Å²) in [5, 5.41) is 10.1. The van der Waals surface area contributed by atoms with Gasteiger partial charge in [0.2, 0.25) is 0 Å². The average molecular weight is 300 g/mol. The van der Waals surface area contributed by atoms with Crippen LogP contribution in [-0.2, 0) is 9.59 Å². The van der Waals surface area contributed by atoms with Gasteiger partial charge >= 0.3 is 6.18 Å². The van der Waals surface area contributed by atoms with E-state index in [2.05, 4.69) is 0 Å². The van der Waals surface area contributed by atoms with Gasteiger partial charge in [0.05, 0.1) is 5.92 Å². The largest absolute Gasteiger partial charge is 0.418 e. The molecule has 1 fully saturated rings. The number of hydrogen-bond donors (Lipinski definition) is 1. The lowest BCUT2D eigenvalue weighted by Gasteiger charge is -2.43. The van der Waals surface area contributed by atoms with Gasteiger partial charge in [-0.05, 0) is 12.5 Å². The Bertz CT molecular complexity index is 553. The second-order valence-electron chi connectivity index (χ2n) is 5.45. The Labute approximate surface area is 119 Å². The van der Waals surface area contributed by atoms with Gasteiger partial charge in [0.1, 0.15) is 11.6 Å². The number of Topliss-reactive ketones (excluding diaryl/α,β-unsaturated/α-hetero) is 2. The van der Waals surface area contributed by atoms with E-state index in [0.29, 0.717) is 5.56 Å². The van der Waals surface area contributed by atoms with E-state index in [-0.39, 0.29) is 6.42 Å². The molecular formula is C15H15F3O3. The maximum absolute atomic E-state index is 13.2. The fourth-order valence-electron chi connectivity index (χ4n) is 3.09. The van der Waals surface area contributed by atoms with Crippen molar-refractivity contribution in [3.05, 3.63) is 35.9 Å². The van der Waals surface area contributed by atoms with Crippen LogP contribution in [0.3, 0.4) is 0 Å². The molecule has 0 amide bonds. The third-order valence-corrected chi connectivity index (χ3v) is 3.99. The topological polar surface area (TPSA) is 54.4 Å². The second kappa shape index (κ2) is 5.26. The van der Waals surface area contributed by atoms with Crippen LogP contribution in [0.1, 0.15) is 31.2 Å². The van der Waals surface area contributed by atoms with Gasteiger partial charge in [0, 0.05) is 18.8 Å². The molecule has 2 rings (SSSR count). The van der Waals surface area contributed by atoms with Crippen molar-refractivity contribution < 1.29 is 27.9 Å². The predicted molar refractivity (Wildman–Crippen MR) is 68.6 cm³/mol. The first kappa shape index (κ1) is 15.7. The molecule has 0 bridgehead atoms. The van der Waals surface area contributed by atoms with E-state index in [1.807, 2.05) is 0 Å². The van der Waals surface area contributed by atoms with Gasteiger partial charge in [-0.15, -0.1) is 0 Å². The highest BCUT2D eigenvalue weighted by Gasteiger charge is 2.64. The zero-order chi connectivity index (χ0) is 15.8. The molecule has 6 heteroatoms. The molecule has 1 aromatic carbocycles. The molecule has 3 unspecified atom stereocenters. The Morgan fingerprint density at radius 3 is 2.33 bits per heavy atom. The number of carbonyl (C=O) groups excluding carboxylic acids is 2. The van der Waals surface area contributed by atoms with Crippen LogP contribution in [0, 0.1) is 5.92 Å². The third-order valence-electron chi connectivity index (χ3n) is 3.99. The predicted octanol–water partition coefficient (Wildman–Crippen LogP) is 2.63. The molecule has 0 saturated heterocycles. The lowest BCUT2D eigenvalue weighted by atomic mass is 9.64. The Morgan fingerprint density at radius 2 is 1.86 bits per heavy atom. The first-order valence-corrected chi connectivity index (χ1v) is 6.53. The van der Waals surface area contributed by atoms with E-state index in [1.54, 1.807) is 30.3 Å². The van der Waals surface area contributed by atoms with E-state index >= 15 is 0 Å². The molecule has 21 heavy (non-hydrogen) atoms. The number of rotatable bonds is 2.